The molecular weight excluding hydrogens is 559 g/mol. The van der Waals surface area contributed by atoms with Gasteiger partial charge in [0.25, 0.3) is 0 Å². The van der Waals surface area contributed by atoms with Gasteiger partial charge in [-0.15, -0.1) is 0 Å². The summed E-state index contributed by atoms with van der Waals surface area (Å²) >= 11 is 4.59. The van der Waals surface area contributed by atoms with Crippen LogP contribution in [-0.4, -0.2) is 6.61 Å². The number of aryl methyl sites for hydroxylation is 1. The second kappa shape index (κ2) is 12.8. The van der Waals surface area contributed by atoms with Crippen LogP contribution < -0.4 is 20.7 Å². The van der Waals surface area contributed by atoms with E-state index >= 15 is 0 Å². The zero-order valence-electron chi connectivity index (χ0n) is 22.3. The van der Waals surface area contributed by atoms with E-state index in [9.17, 15) is 0 Å². The van der Waals surface area contributed by atoms with Crippen LogP contribution in [0.4, 0.5) is 0 Å². The molecule has 0 bridgehead atoms. The molecule has 39 heavy (non-hydrogen) atoms. The van der Waals surface area contributed by atoms with Crippen molar-refractivity contribution < 1.29 is 4.74 Å². The van der Waals surface area contributed by atoms with E-state index < -0.39 is 5.31 Å². The molecule has 0 spiro atoms. The molecule has 5 rings (SSSR count). The van der Waals surface area contributed by atoms with Crippen molar-refractivity contribution in [3.63, 3.8) is 0 Å². The van der Waals surface area contributed by atoms with Gasteiger partial charge in [0.1, 0.15) is 0 Å². The molecule has 0 aromatic heterocycles. The first-order valence-electron chi connectivity index (χ1n) is 13.8. The van der Waals surface area contributed by atoms with Gasteiger partial charge in [0, 0.05) is 0 Å². The predicted molar refractivity (Wildman–Crippen MR) is 174 cm³/mol. The van der Waals surface area contributed by atoms with Gasteiger partial charge in [-0.05, 0) is 0 Å². The Labute approximate surface area is 241 Å². The maximum atomic E-state index is 6.49. The number of unbranched alkanes of at least 4 members (excludes halogenated alkanes) is 2. The fourth-order valence-electron chi connectivity index (χ4n) is 5.47. The van der Waals surface area contributed by atoms with Crippen LogP contribution in [0.3, 0.4) is 0 Å². The summed E-state index contributed by atoms with van der Waals surface area (Å²) in [6.07, 6.45) is 5.35. The van der Waals surface area contributed by atoms with Gasteiger partial charge in [-0.1, -0.05) is 6.07 Å². The van der Waals surface area contributed by atoms with Crippen LogP contribution in [0, 0.1) is 0 Å². The second-order valence-corrected chi connectivity index (χ2v) is 19.0. The molecule has 1 nitrogen and oxygen atoms in total. The molecule has 0 atom stereocenters. The summed E-state index contributed by atoms with van der Waals surface area (Å²) in [4.78, 5) is 0. The van der Waals surface area contributed by atoms with Gasteiger partial charge in [-0.3, -0.25) is 0 Å². The van der Waals surface area contributed by atoms with E-state index in [-0.39, 0.29) is 0 Å². The standard InChI is InChI=1S/C36H36BrOP/c37-39(33-22-9-2-10-23-33,34-24-11-3-12-25-34,35-26-13-4-14-27-35)30-32-21-15-16-28-36(32)38-29-17-5-8-20-31-18-6-1-7-19-31/h1-4,6-7,9-16,18-19,21-28H,5,8,17,20,29-30H2. The molecular formula is C36H36BrOP. The number of ether oxygens (including phenoxy) is 1. The fraction of sp³-hybridized carbons (Fsp3) is 0.167. The zero-order valence-corrected chi connectivity index (χ0v) is 24.8. The van der Waals surface area contributed by atoms with E-state index in [1.165, 1.54) is 33.5 Å². The Morgan fingerprint density at radius 1 is 0.487 bits per heavy atom. The van der Waals surface area contributed by atoms with Crippen molar-refractivity contribution in [1.82, 2.24) is 0 Å². The van der Waals surface area contributed by atoms with Crippen LogP contribution in [0.15, 0.2) is 146 Å². The molecule has 0 N–H and O–H groups in total. The molecule has 0 radical (unpaired) electrons. The van der Waals surface area contributed by atoms with E-state index in [2.05, 4.69) is 161 Å². The Balaban J connectivity index is 1.44. The third kappa shape index (κ3) is 6.03. The van der Waals surface area contributed by atoms with Crippen molar-refractivity contribution >= 4 is 36.7 Å². The minimum atomic E-state index is -3.08. The van der Waals surface area contributed by atoms with Crippen LogP contribution in [0.5, 0.6) is 5.75 Å². The molecule has 0 aliphatic rings. The zero-order chi connectivity index (χ0) is 26.8. The van der Waals surface area contributed by atoms with E-state index in [1.807, 2.05) is 0 Å². The molecule has 3 heteroatoms. The van der Waals surface area contributed by atoms with Gasteiger partial charge in [-0.25, -0.2) is 0 Å². The summed E-state index contributed by atoms with van der Waals surface area (Å²) in [7, 11) is 0. The summed E-state index contributed by atoms with van der Waals surface area (Å²) in [5, 5.41) is 0.865. The maximum absolute atomic E-state index is 6.49. The molecule has 0 heterocycles. The normalized spacial score (nSPS) is 12.4. The summed E-state index contributed by atoms with van der Waals surface area (Å²) in [5.41, 5.74) is 2.64. The predicted octanol–water partition coefficient (Wildman–Crippen LogP) is 8.82. The van der Waals surface area contributed by atoms with Crippen molar-refractivity contribution in [2.45, 2.75) is 31.8 Å². The number of benzene rings is 5. The van der Waals surface area contributed by atoms with E-state index in [1.54, 1.807) is 0 Å². The Hall–Kier alpha value is -3.19. The Kier molecular flexibility index (Phi) is 8.97. The SMILES string of the molecule is BrP(Cc1ccccc1OCCCCCc1ccccc1)(c1ccccc1)(c1ccccc1)c1ccccc1. The first-order valence-corrected chi connectivity index (χ1v) is 18.3. The van der Waals surface area contributed by atoms with Crippen molar-refractivity contribution in [2.24, 2.45) is 0 Å². The fourth-order valence-corrected chi connectivity index (χ4v) is 13.1. The Morgan fingerprint density at radius 2 is 0.949 bits per heavy atom. The number of halogens is 1. The minimum absolute atomic E-state index is 0.728. The first kappa shape index (κ1) is 27.4. The number of hydrogen-bond acceptors (Lipinski definition) is 1. The van der Waals surface area contributed by atoms with Gasteiger partial charge in [0.2, 0.25) is 0 Å². The third-order valence-electron chi connectivity index (χ3n) is 7.53. The second-order valence-electron chi connectivity index (χ2n) is 10.1. The molecule has 0 unspecified atom stereocenters. The summed E-state index contributed by atoms with van der Waals surface area (Å²) in [6.45, 7) is 0.728. The molecule has 0 amide bonds. The molecule has 0 saturated carbocycles. The molecule has 0 saturated heterocycles. The van der Waals surface area contributed by atoms with E-state index in [0.29, 0.717) is 0 Å². The van der Waals surface area contributed by atoms with Crippen molar-refractivity contribution in [3.8, 4) is 5.75 Å². The average Bonchev–Trinajstić information content (AvgIpc) is 3.01. The number of rotatable bonds is 12. The van der Waals surface area contributed by atoms with Crippen LogP contribution in [0.25, 0.3) is 0 Å². The van der Waals surface area contributed by atoms with Gasteiger partial charge >= 0.3 is 236 Å². The first-order chi connectivity index (χ1) is 19.2. The summed E-state index contributed by atoms with van der Waals surface area (Å²) in [6, 6.07) is 52.3. The monoisotopic (exact) mass is 594 g/mol. The molecule has 198 valence electrons. The molecule has 5 aromatic rings. The summed E-state index contributed by atoms with van der Waals surface area (Å²) < 4.78 is 6.49. The molecule has 5 aromatic carbocycles. The van der Waals surface area contributed by atoms with Crippen molar-refractivity contribution in [3.05, 3.63) is 157 Å². The van der Waals surface area contributed by atoms with Gasteiger partial charge < -0.3 is 0 Å². The van der Waals surface area contributed by atoms with Gasteiger partial charge in [0.15, 0.2) is 0 Å². The Morgan fingerprint density at radius 3 is 1.49 bits per heavy atom. The Bertz CT molecular complexity index is 1340. The van der Waals surface area contributed by atoms with Crippen LogP contribution in [0.2, 0.25) is 0 Å². The third-order valence-corrected chi connectivity index (χ3v) is 17.0. The van der Waals surface area contributed by atoms with Crippen LogP contribution in [-0.2, 0) is 12.6 Å². The van der Waals surface area contributed by atoms with E-state index in [4.69, 9.17) is 4.74 Å². The quantitative estimate of drug-likeness (QED) is 0.103. The van der Waals surface area contributed by atoms with Crippen molar-refractivity contribution in [2.75, 3.05) is 6.61 Å². The summed E-state index contributed by atoms with van der Waals surface area (Å²) in [5.74, 6) is 0.983. The molecule has 0 aliphatic heterocycles. The van der Waals surface area contributed by atoms with Crippen LogP contribution >= 0.6 is 20.8 Å². The topological polar surface area (TPSA) is 9.23 Å². The number of hydrogen-bond donors (Lipinski definition) is 0. The molecule has 0 aliphatic carbocycles. The molecule has 0 fully saturated rings. The van der Waals surface area contributed by atoms with Crippen LogP contribution in [0.1, 0.15) is 30.4 Å². The van der Waals surface area contributed by atoms with Crippen molar-refractivity contribution in [1.29, 1.82) is 0 Å². The van der Waals surface area contributed by atoms with E-state index in [0.717, 1.165) is 37.8 Å². The average molecular weight is 596 g/mol. The number of para-hydroxylation sites is 1. The van der Waals surface area contributed by atoms with Gasteiger partial charge in [-0.2, -0.15) is 0 Å². The van der Waals surface area contributed by atoms with Gasteiger partial charge in [0.05, 0.1) is 0 Å².